The Labute approximate surface area is 122 Å². The monoisotopic (exact) mass is 282 g/mol. The number of carbonyl (C=O) groups is 1. The number of ketones is 1. The largest absolute Gasteiger partial charge is 0.365 e. The van der Waals surface area contributed by atoms with E-state index in [4.69, 9.17) is 4.74 Å². The van der Waals surface area contributed by atoms with Crippen molar-refractivity contribution in [1.29, 1.82) is 0 Å². The summed E-state index contributed by atoms with van der Waals surface area (Å²) in [5, 5.41) is 0. The van der Waals surface area contributed by atoms with Gasteiger partial charge in [-0.15, -0.1) is 0 Å². The van der Waals surface area contributed by atoms with Crippen LogP contribution in [0, 0.1) is 5.82 Å². The second-order valence-electron chi connectivity index (χ2n) is 5.80. The molecule has 2 unspecified atom stereocenters. The summed E-state index contributed by atoms with van der Waals surface area (Å²) < 4.78 is 19.5. The SMILES string of the molecule is O=C1COC2c3cc(F)ccc3Cc3ccccc3C2C1. The number of ether oxygens (including phenoxy) is 1. The van der Waals surface area contributed by atoms with Gasteiger partial charge >= 0.3 is 0 Å². The zero-order valence-electron chi connectivity index (χ0n) is 11.5. The van der Waals surface area contributed by atoms with Gasteiger partial charge < -0.3 is 4.74 Å². The quantitative estimate of drug-likeness (QED) is 0.738. The Morgan fingerprint density at radius 2 is 1.86 bits per heavy atom. The fraction of sp³-hybridized carbons (Fsp3) is 0.278. The highest BCUT2D eigenvalue weighted by Crippen LogP contribution is 2.45. The number of rotatable bonds is 0. The third-order valence-corrected chi connectivity index (χ3v) is 4.49. The van der Waals surface area contributed by atoms with Gasteiger partial charge in [-0.3, -0.25) is 4.79 Å². The van der Waals surface area contributed by atoms with Crippen molar-refractivity contribution in [2.24, 2.45) is 0 Å². The lowest BCUT2D eigenvalue weighted by Crippen LogP contribution is -2.27. The van der Waals surface area contributed by atoms with Crippen LogP contribution in [-0.4, -0.2) is 12.4 Å². The van der Waals surface area contributed by atoms with Crippen molar-refractivity contribution in [3.8, 4) is 0 Å². The van der Waals surface area contributed by atoms with E-state index in [0.29, 0.717) is 6.42 Å². The van der Waals surface area contributed by atoms with Gasteiger partial charge in [-0.1, -0.05) is 30.3 Å². The summed E-state index contributed by atoms with van der Waals surface area (Å²) in [7, 11) is 0. The van der Waals surface area contributed by atoms with Crippen molar-refractivity contribution < 1.29 is 13.9 Å². The number of benzene rings is 2. The molecule has 0 saturated carbocycles. The average molecular weight is 282 g/mol. The third-order valence-electron chi connectivity index (χ3n) is 4.49. The lowest BCUT2D eigenvalue weighted by Gasteiger charge is -2.31. The first-order valence-electron chi connectivity index (χ1n) is 7.22. The van der Waals surface area contributed by atoms with Crippen molar-refractivity contribution in [1.82, 2.24) is 0 Å². The van der Waals surface area contributed by atoms with Gasteiger partial charge in [0.05, 0.1) is 6.10 Å². The Bertz CT molecular complexity index is 723. The van der Waals surface area contributed by atoms with Crippen molar-refractivity contribution in [2.45, 2.75) is 24.9 Å². The molecule has 3 heteroatoms. The molecule has 2 atom stereocenters. The maximum atomic E-state index is 13.7. The normalized spacial score (nSPS) is 23.8. The first-order valence-corrected chi connectivity index (χ1v) is 7.22. The fourth-order valence-corrected chi connectivity index (χ4v) is 3.54. The second kappa shape index (κ2) is 4.78. The molecule has 1 aliphatic heterocycles. The molecule has 0 bridgehead atoms. The van der Waals surface area contributed by atoms with E-state index in [1.165, 1.54) is 11.6 Å². The maximum Gasteiger partial charge on any atom is 0.159 e. The number of carbonyl (C=O) groups excluding carboxylic acids is 1. The third kappa shape index (κ3) is 2.09. The Hall–Kier alpha value is -2.00. The van der Waals surface area contributed by atoms with Gasteiger partial charge in [0.1, 0.15) is 12.4 Å². The van der Waals surface area contributed by atoms with Crippen LogP contribution in [0.15, 0.2) is 42.5 Å². The molecule has 2 aromatic carbocycles. The minimum atomic E-state index is -0.251. The Morgan fingerprint density at radius 3 is 2.76 bits per heavy atom. The van der Waals surface area contributed by atoms with Crippen LogP contribution in [0.2, 0.25) is 0 Å². The van der Waals surface area contributed by atoms with Crippen LogP contribution < -0.4 is 0 Å². The molecule has 2 nitrogen and oxygen atoms in total. The molecule has 1 fully saturated rings. The van der Waals surface area contributed by atoms with Gasteiger partial charge in [-0.2, -0.15) is 0 Å². The van der Waals surface area contributed by atoms with E-state index in [-0.39, 0.29) is 30.2 Å². The van der Waals surface area contributed by atoms with Crippen LogP contribution >= 0.6 is 0 Å². The van der Waals surface area contributed by atoms with Gasteiger partial charge in [0, 0.05) is 12.3 Å². The molecule has 106 valence electrons. The summed E-state index contributed by atoms with van der Waals surface area (Å²) in [6.45, 7) is 0.124. The first-order chi connectivity index (χ1) is 10.2. The zero-order valence-corrected chi connectivity index (χ0v) is 11.5. The van der Waals surface area contributed by atoms with Crippen LogP contribution in [0.5, 0.6) is 0 Å². The number of halogens is 1. The molecule has 1 saturated heterocycles. The summed E-state index contributed by atoms with van der Waals surface area (Å²) in [6, 6.07) is 13.1. The van der Waals surface area contributed by atoms with E-state index in [1.54, 1.807) is 6.07 Å². The number of hydrogen-bond acceptors (Lipinski definition) is 2. The Balaban J connectivity index is 1.93. The van der Waals surface area contributed by atoms with Gasteiger partial charge in [-0.25, -0.2) is 4.39 Å². The average Bonchev–Trinajstić information content (AvgIpc) is 2.62. The summed E-state index contributed by atoms with van der Waals surface area (Å²) in [6.07, 6.45) is 1.01. The minimum Gasteiger partial charge on any atom is -0.365 e. The molecular weight excluding hydrogens is 267 g/mol. The molecular formula is C18H15FO2. The van der Waals surface area contributed by atoms with Crippen molar-refractivity contribution >= 4 is 5.78 Å². The van der Waals surface area contributed by atoms with E-state index < -0.39 is 0 Å². The van der Waals surface area contributed by atoms with E-state index in [2.05, 4.69) is 12.1 Å². The van der Waals surface area contributed by atoms with Crippen LogP contribution in [-0.2, 0) is 16.0 Å². The molecule has 0 aromatic heterocycles. The van der Waals surface area contributed by atoms with Crippen LogP contribution in [0.4, 0.5) is 4.39 Å². The smallest absolute Gasteiger partial charge is 0.159 e. The predicted octanol–water partition coefficient (Wildman–Crippen LogP) is 3.54. The van der Waals surface area contributed by atoms with Crippen molar-refractivity contribution in [2.75, 3.05) is 6.61 Å². The van der Waals surface area contributed by atoms with Gasteiger partial charge in [0.25, 0.3) is 0 Å². The van der Waals surface area contributed by atoms with Crippen molar-refractivity contribution in [3.63, 3.8) is 0 Å². The van der Waals surface area contributed by atoms with Crippen molar-refractivity contribution in [3.05, 3.63) is 70.5 Å². The highest BCUT2D eigenvalue weighted by Gasteiger charge is 2.37. The van der Waals surface area contributed by atoms with E-state index in [0.717, 1.165) is 23.1 Å². The minimum absolute atomic E-state index is 0.00880. The summed E-state index contributed by atoms with van der Waals surface area (Å²) in [5.74, 6) is -0.143. The topological polar surface area (TPSA) is 26.3 Å². The summed E-state index contributed by atoms with van der Waals surface area (Å²) >= 11 is 0. The lowest BCUT2D eigenvalue weighted by molar-refractivity contribution is -0.133. The molecule has 0 radical (unpaired) electrons. The van der Waals surface area contributed by atoms with Gasteiger partial charge in [0.2, 0.25) is 0 Å². The number of fused-ring (bicyclic) bond motifs is 5. The number of hydrogen-bond donors (Lipinski definition) is 0. The molecule has 0 amide bonds. The molecule has 0 spiro atoms. The highest BCUT2D eigenvalue weighted by atomic mass is 19.1. The zero-order chi connectivity index (χ0) is 14.4. The fourth-order valence-electron chi connectivity index (χ4n) is 3.54. The molecule has 1 heterocycles. The highest BCUT2D eigenvalue weighted by molar-refractivity contribution is 5.81. The van der Waals surface area contributed by atoms with Crippen LogP contribution in [0.25, 0.3) is 0 Å². The predicted molar refractivity (Wildman–Crippen MR) is 76.7 cm³/mol. The Morgan fingerprint density at radius 1 is 1.05 bits per heavy atom. The van der Waals surface area contributed by atoms with E-state index >= 15 is 0 Å². The molecule has 2 aromatic rings. The summed E-state index contributed by atoms with van der Waals surface area (Å²) in [5.41, 5.74) is 4.35. The second-order valence-corrected chi connectivity index (χ2v) is 5.80. The van der Waals surface area contributed by atoms with Crippen LogP contribution in [0.1, 0.15) is 40.7 Å². The van der Waals surface area contributed by atoms with Crippen LogP contribution in [0.3, 0.4) is 0 Å². The molecule has 0 N–H and O–H groups in total. The molecule has 4 rings (SSSR count). The maximum absolute atomic E-state index is 13.7. The summed E-state index contributed by atoms with van der Waals surface area (Å²) in [4.78, 5) is 11.8. The standard InChI is InChI=1S/C18H15FO2/c19-13-6-5-12-7-11-3-1-2-4-15(11)17-9-14(20)10-21-18(17)16(12)8-13/h1-6,8,17-18H,7,9-10H2. The lowest BCUT2D eigenvalue weighted by atomic mass is 9.83. The van der Waals surface area contributed by atoms with Gasteiger partial charge in [-0.05, 0) is 40.8 Å². The first kappa shape index (κ1) is 12.7. The number of Topliss-reactive ketones (excluding diaryl/α,β-unsaturated/α-hetero) is 1. The molecule has 2 aliphatic rings. The Kier molecular flexibility index (Phi) is 2.89. The molecule has 21 heavy (non-hydrogen) atoms. The van der Waals surface area contributed by atoms with E-state index in [9.17, 15) is 9.18 Å². The molecule has 1 aliphatic carbocycles. The van der Waals surface area contributed by atoms with Gasteiger partial charge in [0.15, 0.2) is 5.78 Å². The van der Waals surface area contributed by atoms with E-state index in [1.807, 2.05) is 18.2 Å².